The van der Waals surface area contributed by atoms with Crippen molar-refractivity contribution in [2.24, 2.45) is 0 Å². The molecule has 0 atom stereocenters. The number of hydrogen-bond donors (Lipinski definition) is 0. The number of nitrogens with zero attached hydrogens (tertiary/aromatic N) is 2. The molecule has 0 bridgehead atoms. The van der Waals surface area contributed by atoms with Gasteiger partial charge in [-0.1, -0.05) is 67.7 Å². The second-order valence-electron chi connectivity index (χ2n) is 12.9. The fourth-order valence-corrected chi connectivity index (χ4v) is 9.82. The Labute approximate surface area is 235 Å². The van der Waals surface area contributed by atoms with Crippen molar-refractivity contribution in [3.05, 3.63) is 34.3 Å². The monoisotopic (exact) mass is 595 g/mol. The predicted octanol–water partition coefficient (Wildman–Crippen LogP) is 9.08. The number of hydrogen-bond acceptors (Lipinski definition) is 2. The molecule has 0 aromatic heterocycles. The van der Waals surface area contributed by atoms with Crippen molar-refractivity contribution in [3.8, 4) is 0 Å². The zero-order chi connectivity index (χ0) is 25.4. The molecule has 0 N–H and O–H groups in total. The molecular formula is C25H54ClN2O2Si2Zr. The van der Waals surface area contributed by atoms with E-state index in [9.17, 15) is 0 Å². The smallest absolute Gasteiger partial charge is 0.637 e. The van der Waals surface area contributed by atoms with Crippen LogP contribution in [0.2, 0.25) is 26.2 Å². The summed E-state index contributed by atoms with van der Waals surface area (Å²) in [6.45, 7) is 33.8. The molecule has 0 fully saturated rings. The summed E-state index contributed by atoms with van der Waals surface area (Å²) >= 11 is 0. The van der Waals surface area contributed by atoms with Crippen LogP contribution in [0.1, 0.15) is 89.5 Å². The number of allylic oxidation sites excluding steroid dienone is 4. The fraction of sp³-hybridized carbons (Fsp3) is 0.840. The van der Waals surface area contributed by atoms with Gasteiger partial charge >= 0.3 is 26.2 Å². The van der Waals surface area contributed by atoms with Crippen LogP contribution in [0.5, 0.6) is 0 Å². The van der Waals surface area contributed by atoms with Crippen molar-refractivity contribution in [2.75, 3.05) is 0 Å². The van der Waals surface area contributed by atoms with Crippen LogP contribution < -0.4 is 0 Å². The first kappa shape index (κ1) is 41.1. The number of rotatable bonds is 4. The number of halogens is 1. The fourth-order valence-electron chi connectivity index (χ4n) is 3.50. The Morgan fingerprint density at radius 2 is 0.970 bits per heavy atom. The Kier molecular flexibility index (Phi) is 19.8. The first-order valence-electron chi connectivity index (χ1n) is 11.4. The van der Waals surface area contributed by atoms with E-state index in [2.05, 4.69) is 121 Å². The standard InChI is InChI=1S/2C10H24NOSi.C5H5.ClH.Zr/c2*1-9(2,3)11-13(7,8)12-10(4,5)6;1-2-4-5-3-1;;/h2*1-8H3;1-3H,4H2;1H;/q3*-1;;+3. The van der Waals surface area contributed by atoms with Crippen LogP contribution in [-0.4, -0.2) is 39.2 Å². The van der Waals surface area contributed by atoms with Gasteiger partial charge in [-0.15, -0.1) is 29.9 Å². The van der Waals surface area contributed by atoms with E-state index >= 15 is 0 Å². The summed E-state index contributed by atoms with van der Waals surface area (Å²) in [6, 6.07) is 0. The molecule has 195 valence electrons. The van der Waals surface area contributed by atoms with Gasteiger partial charge in [0.15, 0.2) is 0 Å². The van der Waals surface area contributed by atoms with Crippen LogP contribution in [0.4, 0.5) is 0 Å². The minimum absolute atomic E-state index is 0. The van der Waals surface area contributed by atoms with Gasteiger partial charge in [0, 0.05) is 11.2 Å². The largest absolute Gasteiger partial charge is 3.00 e. The third kappa shape index (κ3) is 35.2. The van der Waals surface area contributed by atoms with Gasteiger partial charge in [0.25, 0.3) is 0 Å². The third-order valence-electron chi connectivity index (χ3n) is 2.91. The summed E-state index contributed by atoms with van der Waals surface area (Å²) in [4.78, 5) is 9.49. The maximum Gasteiger partial charge on any atom is 3.00 e. The predicted molar refractivity (Wildman–Crippen MR) is 152 cm³/mol. The van der Waals surface area contributed by atoms with Crippen molar-refractivity contribution in [1.82, 2.24) is 0 Å². The van der Waals surface area contributed by atoms with Gasteiger partial charge in [0.05, 0.1) is 17.0 Å². The van der Waals surface area contributed by atoms with Crippen LogP contribution in [0.25, 0.3) is 9.96 Å². The van der Waals surface area contributed by atoms with Crippen LogP contribution in [0, 0.1) is 6.08 Å². The third-order valence-corrected chi connectivity index (χ3v) is 7.55. The van der Waals surface area contributed by atoms with E-state index < -0.39 is 17.0 Å². The molecule has 0 aromatic carbocycles. The first-order valence-corrected chi connectivity index (χ1v) is 17.1. The molecule has 0 amide bonds. The second kappa shape index (κ2) is 15.9. The van der Waals surface area contributed by atoms with Gasteiger partial charge in [-0.05, 0) is 41.5 Å². The van der Waals surface area contributed by atoms with Gasteiger partial charge in [-0.3, -0.25) is 6.08 Å². The first-order chi connectivity index (χ1) is 13.3. The van der Waals surface area contributed by atoms with Crippen molar-refractivity contribution >= 4 is 29.4 Å². The molecule has 4 nitrogen and oxygen atoms in total. The van der Waals surface area contributed by atoms with Gasteiger partial charge in [0.2, 0.25) is 0 Å². The van der Waals surface area contributed by atoms with Crippen LogP contribution in [0.3, 0.4) is 0 Å². The molecule has 0 spiro atoms. The second-order valence-corrected chi connectivity index (χ2v) is 19.5. The topological polar surface area (TPSA) is 46.7 Å². The Morgan fingerprint density at radius 1 is 0.667 bits per heavy atom. The Morgan fingerprint density at radius 3 is 1.09 bits per heavy atom. The van der Waals surface area contributed by atoms with Gasteiger partial charge in [-0.2, -0.15) is 6.08 Å². The zero-order valence-electron chi connectivity index (χ0n) is 24.6. The summed E-state index contributed by atoms with van der Waals surface area (Å²) < 4.78 is 11.9. The van der Waals surface area contributed by atoms with Crippen molar-refractivity contribution in [1.29, 1.82) is 0 Å². The normalized spacial score (nSPS) is 14.3. The van der Waals surface area contributed by atoms with Crippen LogP contribution >= 0.6 is 12.4 Å². The Bertz CT molecular complexity index is 483. The van der Waals surface area contributed by atoms with Crippen LogP contribution in [-0.2, 0) is 35.1 Å². The molecule has 1 aliphatic rings. The maximum atomic E-state index is 5.97. The molecule has 0 aliphatic heterocycles. The quantitative estimate of drug-likeness (QED) is 0.240. The van der Waals surface area contributed by atoms with E-state index in [1.54, 1.807) is 0 Å². The average Bonchev–Trinajstić information content (AvgIpc) is 2.83. The van der Waals surface area contributed by atoms with E-state index in [1.807, 2.05) is 12.2 Å². The summed E-state index contributed by atoms with van der Waals surface area (Å²) in [5, 5.41) is 0. The van der Waals surface area contributed by atoms with E-state index in [4.69, 9.17) is 18.8 Å². The summed E-state index contributed by atoms with van der Waals surface area (Å²) in [5.74, 6) is 0. The van der Waals surface area contributed by atoms with Gasteiger partial charge in [0.1, 0.15) is 0 Å². The molecule has 0 saturated heterocycles. The Hall–Kier alpha value is 0.927. The van der Waals surface area contributed by atoms with E-state index in [0.717, 1.165) is 6.42 Å². The van der Waals surface area contributed by atoms with E-state index in [1.165, 1.54) is 0 Å². The molecule has 0 unspecified atom stereocenters. The molecule has 0 saturated carbocycles. The summed E-state index contributed by atoms with van der Waals surface area (Å²) in [6.07, 6.45) is 10.0. The molecule has 33 heavy (non-hydrogen) atoms. The van der Waals surface area contributed by atoms with Crippen LogP contribution in [0.15, 0.2) is 18.2 Å². The average molecular weight is 598 g/mol. The van der Waals surface area contributed by atoms with Crippen molar-refractivity contribution in [2.45, 2.75) is 138 Å². The molecule has 8 heteroatoms. The van der Waals surface area contributed by atoms with E-state index in [-0.39, 0.29) is 60.9 Å². The molecule has 0 aromatic rings. The molecule has 1 radical (unpaired) electrons. The van der Waals surface area contributed by atoms with E-state index in [0.29, 0.717) is 0 Å². The van der Waals surface area contributed by atoms with Crippen molar-refractivity contribution in [3.63, 3.8) is 0 Å². The zero-order valence-corrected chi connectivity index (χ0v) is 29.8. The molecule has 1 rings (SSSR count). The summed E-state index contributed by atoms with van der Waals surface area (Å²) in [5.41, 5.74) is -0.128. The van der Waals surface area contributed by atoms with Gasteiger partial charge < -0.3 is 18.8 Å². The SMILES string of the molecule is CC(C)(C)[N-][Si](C)(C)OC(C)(C)C.CC(C)(C)[N-][Si](C)(C)OC(C)(C)C.Cl.[C-]1=CC=CC1.[Zr+3]. The minimum atomic E-state index is -1.85. The molecule has 1 aliphatic carbocycles. The van der Waals surface area contributed by atoms with Gasteiger partial charge in [-0.25, -0.2) is 12.2 Å². The van der Waals surface area contributed by atoms with Crippen molar-refractivity contribution < 1.29 is 35.1 Å². The maximum absolute atomic E-state index is 5.97. The molecule has 0 heterocycles. The summed E-state index contributed by atoms with van der Waals surface area (Å²) in [7, 11) is -3.70. The Balaban J connectivity index is -0.000000200. The molecular weight excluding hydrogens is 543 g/mol. The minimum Gasteiger partial charge on any atom is -0.637 e.